The Morgan fingerprint density at radius 3 is 2.70 bits per heavy atom. The molecular weight excluding hydrogens is 420 g/mol. The van der Waals surface area contributed by atoms with Crippen molar-refractivity contribution in [2.75, 3.05) is 17.7 Å². The molecule has 11 heteroatoms. The first kappa shape index (κ1) is 21.2. The van der Waals surface area contributed by atoms with Crippen LogP contribution in [0.15, 0.2) is 40.3 Å². The van der Waals surface area contributed by atoms with Gasteiger partial charge in [0.05, 0.1) is 31.1 Å². The maximum Gasteiger partial charge on any atom is 0.387 e. The summed E-state index contributed by atoms with van der Waals surface area (Å²) in [4.78, 5) is 28.6. The number of alkyl halides is 2. The molecule has 158 valence electrons. The molecule has 3 aromatic rings. The highest BCUT2D eigenvalue weighted by Gasteiger charge is 2.16. The molecule has 0 aliphatic heterocycles. The second-order valence-corrected chi connectivity index (χ2v) is 6.82. The van der Waals surface area contributed by atoms with E-state index < -0.39 is 12.5 Å². The number of methoxy groups -OCH3 is 1. The van der Waals surface area contributed by atoms with Crippen molar-refractivity contribution in [3.05, 3.63) is 52.9 Å². The summed E-state index contributed by atoms with van der Waals surface area (Å²) >= 11 is 1.17. The minimum absolute atomic E-state index is 0.0752. The minimum atomic E-state index is -3.03. The van der Waals surface area contributed by atoms with Crippen molar-refractivity contribution >= 4 is 34.0 Å². The number of ether oxygens (including phenoxy) is 2. The zero-order valence-electron chi connectivity index (χ0n) is 15.9. The van der Waals surface area contributed by atoms with Crippen LogP contribution in [0.2, 0.25) is 0 Å². The molecule has 0 radical (unpaired) electrons. The third kappa shape index (κ3) is 5.32. The number of nitrogens with zero attached hydrogens (tertiary/aromatic N) is 1. The van der Waals surface area contributed by atoms with E-state index in [9.17, 15) is 18.4 Å². The molecule has 8 nitrogen and oxygen atoms in total. The zero-order valence-corrected chi connectivity index (χ0v) is 16.7. The van der Waals surface area contributed by atoms with E-state index in [1.807, 2.05) is 0 Å². The number of thiazole rings is 1. The molecule has 1 aromatic carbocycles. The molecule has 3 rings (SSSR count). The molecule has 0 unspecified atom stereocenters. The number of nitrogens with one attached hydrogen (secondary N) is 2. The number of aromatic nitrogens is 1. The number of carbonyl (C=O) groups excluding carboxylic acids is 2. The highest BCUT2D eigenvalue weighted by atomic mass is 32.1. The van der Waals surface area contributed by atoms with Crippen LogP contribution in [0.3, 0.4) is 0 Å². The summed E-state index contributed by atoms with van der Waals surface area (Å²) in [7, 11) is 1.32. The predicted octanol–water partition coefficient (Wildman–Crippen LogP) is 4.09. The molecule has 0 saturated heterocycles. The van der Waals surface area contributed by atoms with E-state index in [0.717, 1.165) is 0 Å². The zero-order chi connectivity index (χ0) is 21.7. The molecule has 0 bridgehead atoms. The van der Waals surface area contributed by atoms with E-state index in [0.29, 0.717) is 22.1 Å². The quantitative estimate of drug-likeness (QED) is 0.550. The average molecular weight is 437 g/mol. The van der Waals surface area contributed by atoms with E-state index in [1.54, 1.807) is 18.4 Å². The van der Waals surface area contributed by atoms with Crippen LogP contribution in [0.4, 0.5) is 19.6 Å². The van der Waals surface area contributed by atoms with Gasteiger partial charge in [0.15, 0.2) is 16.6 Å². The Morgan fingerprint density at radius 2 is 2.03 bits per heavy atom. The lowest BCUT2D eigenvalue weighted by molar-refractivity contribution is -0.115. The van der Waals surface area contributed by atoms with Crippen molar-refractivity contribution in [3.63, 3.8) is 0 Å². The van der Waals surface area contributed by atoms with Crippen LogP contribution in [-0.4, -0.2) is 30.5 Å². The number of hydrogen-bond acceptors (Lipinski definition) is 7. The number of benzene rings is 1. The van der Waals surface area contributed by atoms with Crippen molar-refractivity contribution in [1.29, 1.82) is 0 Å². The largest absolute Gasteiger partial charge is 0.493 e. The fourth-order valence-corrected chi connectivity index (χ4v) is 3.25. The van der Waals surface area contributed by atoms with Crippen molar-refractivity contribution in [2.45, 2.75) is 20.0 Å². The summed E-state index contributed by atoms with van der Waals surface area (Å²) in [5, 5.41) is 7.19. The molecule has 0 atom stereocenters. The standard InChI is InChI=1S/C19H17F2N3O5S/c1-10-13(5-6-28-10)17(26)24-19-23-12(9-30-19)8-16(25)22-11-3-4-14(27-2)15(7-11)29-18(20)21/h3-7,9,18H,8H2,1-2H3,(H,22,25)(H,23,24,26). The van der Waals surface area contributed by atoms with Gasteiger partial charge >= 0.3 is 6.61 Å². The van der Waals surface area contributed by atoms with Crippen LogP contribution in [0.1, 0.15) is 21.8 Å². The fourth-order valence-electron chi connectivity index (χ4n) is 2.54. The third-order valence-corrected chi connectivity index (χ3v) is 4.69. The minimum Gasteiger partial charge on any atom is -0.493 e. The predicted molar refractivity (Wildman–Crippen MR) is 105 cm³/mol. The van der Waals surface area contributed by atoms with E-state index in [-0.39, 0.29) is 29.5 Å². The molecule has 0 aliphatic rings. The first-order valence-corrected chi connectivity index (χ1v) is 9.46. The number of furan rings is 1. The number of halogens is 2. The van der Waals surface area contributed by atoms with Crippen molar-refractivity contribution < 1.29 is 32.3 Å². The summed E-state index contributed by atoms with van der Waals surface area (Å²) in [6.45, 7) is -1.36. The van der Waals surface area contributed by atoms with Crippen molar-refractivity contribution in [3.8, 4) is 11.5 Å². The molecule has 0 spiro atoms. The second kappa shape index (κ2) is 9.35. The lowest BCUT2D eigenvalue weighted by Crippen LogP contribution is -2.15. The summed E-state index contributed by atoms with van der Waals surface area (Å²) in [5.41, 5.74) is 1.09. The van der Waals surface area contributed by atoms with E-state index in [2.05, 4.69) is 20.4 Å². The Hall–Kier alpha value is -3.47. The lowest BCUT2D eigenvalue weighted by Gasteiger charge is -2.12. The SMILES string of the molecule is COc1ccc(NC(=O)Cc2csc(NC(=O)c3ccoc3C)n2)cc1OC(F)F. The van der Waals surface area contributed by atoms with Gasteiger partial charge < -0.3 is 19.2 Å². The van der Waals surface area contributed by atoms with Gasteiger partial charge in [0, 0.05) is 17.1 Å². The topological polar surface area (TPSA) is 103 Å². The van der Waals surface area contributed by atoms with Gasteiger partial charge in [0.2, 0.25) is 5.91 Å². The lowest BCUT2D eigenvalue weighted by atomic mass is 10.2. The molecule has 2 heterocycles. The van der Waals surface area contributed by atoms with Crippen molar-refractivity contribution in [1.82, 2.24) is 4.98 Å². The Kier molecular flexibility index (Phi) is 6.62. The number of anilines is 2. The Balaban J connectivity index is 1.60. The van der Waals surface area contributed by atoms with Gasteiger partial charge in [0.25, 0.3) is 5.91 Å². The van der Waals surface area contributed by atoms with Gasteiger partial charge in [-0.2, -0.15) is 8.78 Å². The highest BCUT2D eigenvalue weighted by Crippen LogP contribution is 2.31. The Labute approximate surface area is 173 Å². The van der Waals surface area contributed by atoms with Crippen molar-refractivity contribution in [2.24, 2.45) is 0 Å². The smallest absolute Gasteiger partial charge is 0.387 e. The van der Waals surface area contributed by atoms with E-state index in [4.69, 9.17) is 9.15 Å². The summed E-state index contributed by atoms with van der Waals surface area (Å²) in [6.07, 6.45) is 1.34. The second-order valence-electron chi connectivity index (χ2n) is 5.96. The van der Waals surface area contributed by atoms with Gasteiger partial charge in [-0.1, -0.05) is 0 Å². The maximum absolute atomic E-state index is 12.5. The van der Waals surface area contributed by atoms with Gasteiger partial charge in [0.1, 0.15) is 5.76 Å². The fraction of sp³-hybridized carbons (Fsp3) is 0.211. The normalized spacial score (nSPS) is 10.7. The highest BCUT2D eigenvalue weighted by molar-refractivity contribution is 7.14. The van der Waals surface area contributed by atoms with Crippen LogP contribution < -0.4 is 20.1 Å². The number of carbonyl (C=O) groups is 2. The Morgan fingerprint density at radius 1 is 1.23 bits per heavy atom. The number of aryl methyl sites for hydroxylation is 1. The van der Waals surface area contributed by atoms with Crippen LogP contribution in [0.5, 0.6) is 11.5 Å². The van der Waals surface area contributed by atoms with Crippen LogP contribution in [0.25, 0.3) is 0 Å². The molecule has 2 amide bonds. The molecule has 0 aliphatic carbocycles. The average Bonchev–Trinajstić information content (AvgIpc) is 3.30. The van der Waals surface area contributed by atoms with E-state index in [1.165, 1.54) is 42.9 Å². The molecule has 2 aromatic heterocycles. The number of hydrogen-bond donors (Lipinski definition) is 2. The molecule has 0 fully saturated rings. The Bertz CT molecular complexity index is 1050. The van der Waals surface area contributed by atoms with Crippen LogP contribution in [0, 0.1) is 6.92 Å². The number of rotatable bonds is 8. The van der Waals surface area contributed by atoms with E-state index >= 15 is 0 Å². The first-order chi connectivity index (χ1) is 14.4. The first-order valence-electron chi connectivity index (χ1n) is 8.58. The van der Waals surface area contributed by atoms with Gasteiger partial charge in [-0.25, -0.2) is 4.98 Å². The van der Waals surface area contributed by atoms with Crippen LogP contribution in [-0.2, 0) is 11.2 Å². The molecule has 2 N–H and O–H groups in total. The van der Waals surface area contributed by atoms with Gasteiger partial charge in [-0.15, -0.1) is 11.3 Å². The third-order valence-electron chi connectivity index (χ3n) is 3.88. The molecule has 30 heavy (non-hydrogen) atoms. The molecular formula is C19H17F2N3O5S. The molecule has 0 saturated carbocycles. The summed E-state index contributed by atoms with van der Waals surface area (Å²) in [5.74, 6) is -0.383. The van der Waals surface area contributed by atoms with Crippen LogP contribution >= 0.6 is 11.3 Å². The summed E-state index contributed by atoms with van der Waals surface area (Å²) in [6, 6.07) is 5.69. The monoisotopic (exact) mass is 437 g/mol. The van der Waals surface area contributed by atoms with Gasteiger partial charge in [-0.05, 0) is 25.1 Å². The maximum atomic E-state index is 12.5. The van der Waals surface area contributed by atoms with Gasteiger partial charge in [-0.3, -0.25) is 14.9 Å². The number of amides is 2. The summed E-state index contributed by atoms with van der Waals surface area (Å²) < 4.78 is 39.5.